The second kappa shape index (κ2) is 4.51. The molecule has 0 radical (unpaired) electrons. The molecule has 19 heavy (non-hydrogen) atoms. The van der Waals surface area contributed by atoms with Gasteiger partial charge in [-0.15, -0.1) is 11.3 Å². The van der Waals surface area contributed by atoms with Gasteiger partial charge in [0.05, 0.1) is 10.7 Å². The second-order valence-electron chi connectivity index (χ2n) is 4.38. The van der Waals surface area contributed by atoms with Crippen LogP contribution in [0.3, 0.4) is 0 Å². The number of nitrogens with one attached hydrogen (secondary N) is 2. The van der Waals surface area contributed by atoms with Gasteiger partial charge in [0.25, 0.3) is 5.91 Å². The molecule has 2 heterocycles. The highest BCUT2D eigenvalue weighted by Gasteiger charge is 2.13. The highest BCUT2D eigenvalue weighted by atomic mass is 32.1. The van der Waals surface area contributed by atoms with Gasteiger partial charge in [-0.1, -0.05) is 6.07 Å². The number of rotatable bonds is 2. The Bertz CT molecular complexity index is 757. The first-order valence-corrected chi connectivity index (χ1v) is 6.77. The Kier molecular flexibility index (Phi) is 2.83. The number of amides is 1. The standard InChI is InChI=1S/C14H13N3OS/c1-8-13(19-9(2)16-8)14(18)17-11-4-3-10-5-6-15-12(10)7-11/h3-7,15H,1-2H3,(H,17,18). The van der Waals surface area contributed by atoms with Gasteiger partial charge in [-0.2, -0.15) is 0 Å². The van der Waals surface area contributed by atoms with Crippen LogP contribution in [0.1, 0.15) is 20.4 Å². The maximum atomic E-state index is 12.2. The Morgan fingerprint density at radius 2 is 2.16 bits per heavy atom. The Balaban J connectivity index is 1.88. The van der Waals surface area contributed by atoms with E-state index in [1.165, 1.54) is 11.3 Å². The summed E-state index contributed by atoms with van der Waals surface area (Å²) in [5.74, 6) is -0.103. The van der Waals surface area contributed by atoms with E-state index in [2.05, 4.69) is 15.3 Å². The number of carbonyl (C=O) groups excluding carboxylic acids is 1. The number of carbonyl (C=O) groups is 1. The molecule has 1 amide bonds. The third kappa shape index (κ3) is 2.24. The lowest BCUT2D eigenvalue weighted by Gasteiger charge is -2.04. The predicted octanol–water partition coefficient (Wildman–Crippen LogP) is 3.49. The number of aromatic amines is 1. The number of thiazole rings is 1. The molecular formula is C14H13N3OS. The van der Waals surface area contributed by atoms with Crippen LogP contribution in [-0.2, 0) is 0 Å². The average Bonchev–Trinajstić information content (AvgIpc) is 2.94. The fourth-order valence-electron chi connectivity index (χ4n) is 2.06. The largest absolute Gasteiger partial charge is 0.361 e. The highest BCUT2D eigenvalue weighted by Crippen LogP contribution is 2.21. The van der Waals surface area contributed by atoms with Gasteiger partial charge in [-0.05, 0) is 37.4 Å². The molecule has 0 unspecified atom stereocenters. The van der Waals surface area contributed by atoms with Crippen LogP contribution in [0, 0.1) is 13.8 Å². The van der Waals surface area contributed by atoms with Crippen LogP contribution in [0.2, 0.25) is 0 Å². The first-order chi connectivity index (χ1) is 9.13. The number of aromatic nitrogens is 2. The minimum Gasteiger partial charge on any atom is -0.361 e. The fraction of sp³-hybridized carbons (Fsp3) is 0.143. The molecule has 0 aliphatic carbocycles. The van der Waals surface area contributed by atoms with Crippen molar-refractivity contribution < 1.29 is 4.79 Å². The van der Waals surface area contributed by atoms with Crippen molar-refractivity contribution in [3.05, 3.63) is 46.0 Å². The maximum Gasteiger partial charge on any atom is 0.267 e. The number of aryl methyl sites for hydroxylation is 2. The molecule has 0 aliphatic heterocycles. The van der Waals surface area contributed by atoms with Crippen molar-refractivity contribution in [3.8, 4) is 0 Å². The van der Waals surface area contributed by atoms with E-state index in [0.29, 0.717) is 4.88 Å². The molecule has 0 saturated heterocycles. The molecule has 2 aromatic heterocycles. The van der Waals surface area contributed by atoms with Gasteiger partial charge in [0.15, 0.2) is 0 Å². The van der Waals surface area contributed by atoms with E-state index in [-0.39, 0.29) is 5.91 Å². The molecule has 0 fully saturated rings. The van der Waals surface area contributed by atoms with Crippen molar-refractivity contribution in [2.24, 2.45) is 0 Å². The number of hydrogen-bond donors (Lipinski definition) is 2. The lowest BCUT2D eigenvalue weighted by molar-refractivity contribution is 0.103. The normalized spacial score (nSPS) is 10.8. The van der Waals surface area contributed by atoms with Crippen LogP contribution in [0.15, 0.2) is 30.5 Å². The molecule has 3 rings (SSSR count). The van der Waals surface area contributed by atoms with Crippen molar-refractivity contribution in [1.82, 2.24) is 9.97 Å². The third-order valence-electron chi connectivity index (χ3n) is 2.92. The highest BCUT2D eigenvalue weighted by molar-refractivity contribution is 7.13. The number of nitrogens with zero attached hydrogens (tertiary/aromatic N) is 1. The second-order valence-corrected chi connectivity index (χ2v) is 5.58. The van der Waals surface area contributed by atoms with Crippen LogP contribution in [0.5, 0.6) is 0 Å². The first-order valence-electron chi connectivity index (χ1n) is 5.96. The number of anilines is 1. The summed E-state index contributed by atoms with van der Waals surface area (Å²) in [6.45, 7) is 3.76. The van der Waals surface area contributed by atoms with Crippen molar-refractivity contribution in [3.63, 3.8) is 0 Å². The number of fused-ring (bicyclic) bond motifs is 1. The van der Waals surface area contributed by atoms with Gasteiger partial charge in [0.1, 0.15) is 4.88 Å². The lowest BCUT2D eigenvalue weighted by Crippen LogP contribution is -2.11. The van der Waals surface area contributed by atoms with Gasteiger partial charge in [0.2, 0.25) is 0 Å². The summed E-state index contributed by atoms with van der Waals surface area (Å²) >= 11 is 1.42. The zero-order valence-electron chi connectivity index (χ0n) is 10.7. The Labute approximate surface area is 114 Å². The topological polar surface area (TPSA) is 57.8 Å². The van der Waals surface area contributed by atoms with Crippen LogP contribution >= 0.6 is 11.3 Å². The maximum absolute atomic E-state index is 12.2. The minimum absolute atomic E-state index is 0.103. The van der Waals surface area contributed by atoms with Crippen molar-refractivity contribution in [2.45, 2.75) is 13.8 Å². The molecule has 0 atom stereocenters. The Morgan fingerprint density at radius 1 is 1.32 bits per heavy atom. The minimum atomic E-state index is -0.103. The van der Waals surface area contributed by atoms with E-state index in [1.54, 1.807) is 0 Å². The van der Waals surface area contributed by atoms with E-state index in [1.807, 2.05) is 44.3 Å². The molecule has 0 saturated carbocycles. The SMILES string of the molecule is Cc1nc(C)c(C(=O)Nc2ccc3cc[nH]c3c2)s1. The number of hydrogen-bond acceptors (Lipinski definition) is 3. The predicted molar refractivity (Wildman–Crippen MR) is 77.8 cm³/mol. The van der Waals surface area contributed by atoms with Crippen LogP contribution in [0.4, 0.5) is 5.69 Å². The van der Waals surface area contributed by atoms with Crippen molar-refractivity contribution in [1.29, 1.82) is 0 Å². The van der Waals surface area contributed by atoms with Crippen molar-refractivity contribution >= 4 is 33.8 Å². The van der Waals surface area contributed by atoms with E-state index >= 15 is 0 Å². The first kappa shape index (κ1) is 11.9. The van der Waals surface area contributed by atoms with E-state index < -0.39 is 0 Å². The zero-order valence-corrected chi connectivity index (χ0v) is 11.5. The molecule has 0 bridgehead atoms. The van der Waals surface area contributed by atoms with Crippen LogP contribution < -0.4 is 5.32 Å². The van der Waals surface area contributed by atoms with Crippen LogP contribution in [0.25, 0.3) is 10.9 Å². The molecule has 5 heteroatoms. The summed E-state index contributed by atoms with van der Waals surface area (Å²) in [5, 5.41) is 4.94. The quantitative estimate of drug-likeness (QED) is 0.749. The number of benzene rings is 1. The molecule has 2 N–H and O–H groups in total. The summed E-state index contributed by atoms with van der Waals surface area (Å²) in [6, 6.07) is 7.80. The Hall–Kier alpha value is -2.14. The zero-order chi connectivity index (χ0) is 13.4. The van der Waals surface area contributed by atoms with Crippen molar-refractivity contribution in [2.75, 3.05) is 5.32 Å². The van der Waals surface area contributed by atoms with Gasteiger partial charge >= 0.3 is 0 Å². The van der Waals surface area contributed by atoms with Gasteiger partial charge in [-0.25, -0.2) is 4.98 Å². The molecular weight excluding hydrogens is 258 g/mol. The smallest absolute Gasteiger partial charge is 0.267 e. The lowest BCUT2D eigenvalue weighted by atomic mass is 10.2. The molecule has 0 aliphatic rings. The monoisotopic (exact) mass is 271 g/mol. The van der Waals surface area contributed by atoms with E-state index in [0.717, 1.165) is 27.3 Å². The molecule has 4 nitrogen and oxygen atoms in total. The summed E-state index contributed by atoms with van der Waals surface area (Å²) in [7, 11) is 0. The fourth-order valence-corrected chi connectivity index (χ4v) is 2.87. The van der Waals surface area contributed by atoms with E-state index in [4.69, 9.17) is 0 Å². The summed E-state index contributed by atoms with van der Waals surface area (Å²) < 4.78 is 0. The molecule has 1 aromatic carbocycles. The summed E-state index contributed by atoms with van der Waals surface area (Å²) in [5.41, 5.74) is 2.57. The molecule has 3 aromatic rings. The number of H-pyrrole nitrogens is 1. The van der Waals surface area contributed by atoms with Gasteiger partial charge < -0.3 is 10.3 Å². The summed E-state index contributed by atoms with van der Waals surface area (Å²) in [4.78, 5) is 20.2. The van der Waals surface area contributed by atoms with Gasteiger partial charge in [0, 0.05) is 17.4 Å². The third-order valence-corrected chi connectivity index (χ3v) is 3.99. The molecule has 96 valence electrons. The van der Waals surface area contributed by atoms with Gasteiger partial charge in [-0.3, -0.25) is 4.79 Å². The van der Waals surface area contributed by atoms with Crippen LogP contribution in [-0.4, -0.2) is 15.9 Å². The molecule has 0 spiro atoms. The Morgan fingerprint density at radius 3 is 2.89 bits per heavy atom. The average molecular weight is 271 g/mol. The summed E-state index contributed by atoms with van der Waals surface area (Å²) in [6.07, 6.45) is 1.88. The van der Waals surface area contributed by atoms with E-state index in [9.17, 15) is 4.79 Å².